The van der Waals surface area contributed by atoms with Gasteiger partial charge in [-0.3, -0.25) is 4.79 Å². The Bertz CT molecular complexity index is 647. The quantitative estimate of drug-likeness (QED) is 0.789. The molecule has 0 saturated carbocycles. The molecule has 1 heterocycles. The molecule has 1 aromatic carbocycles. The minimum atomic E-state index is -0.333. The van der Waals surface area contributed by atoms with Gasteiger partial charge in [0.2, 0.25) is 0 Å². The SMILES string of the molecule is Cc1cnc(Cl)c(NC(=O)c2cccc(Br)c2Cl)c1. The van der Waals surface area contributed by atoms with Crippen LogP contribution < -0.4 is 5.32 Å². The van der Waals surface area contributed by atoms with Crippen LogP contribution in [-0.4, -0.2) is 10.9 Å². The van der Waals surface area contributed by atoms with Gasteiger partial charge in [0, 0.05) is 10.7 Å². The largest absolute Gasteiger partial charge is 0.319 e. The second-order valence-electron chi connectivity index (χ2n) is 3.91. The van der Waals surface area contributed by atoms with Crippen LogP contribution in [0.4, 0.5) is 5.69 Å². The van der Waals surface area contributed by atoms with E-state index in [-0.39, 0.29) is 11.1 Å². The molecule has 2 rings (SSSR count). The number of anilines is 1. The minimum absolute atomic E-state index is 0.241. The molecule has 0 aliphatic rings. The van der Waals surface area contributed by atoms with Crippen LogP contribution in [0.3, 0.4) is 0 Å². The molecule has 19 heavy (non-hydrogen) atoms. The lowest BCUT2D eigenvalue weighted by molar-refractivity contribution is 0.102. The van der Waals surface area contributed by atoms with Gasteiger partial charge in [-0.25, -0.2) is 4.98 Å². The summed E-state index contributed by atoms with van der Waals surface area (Å²) in [6.45, 7) is 1.87. The lowest BCUT2D eigenvalue weighted by atomic mass is 10.2. The first-order valence-corrected chi connectivity index (χ1v) is 6.91. The number of nitrogens with one attached hydrogen (secondary N) is 1. The molecule has 98 valence electrons. The molecule has 1 N–H and O–H groups in total. The molecule has 1 amide bonds. The zero-order valence-electron chi connectivity index (χ0n) is 9.88. The summed E-state index contributed by atoms with van der Waals surface area (Å²) in [4.78, 5) is 16.1. The normalized spacial score (nSPS) is 10.3. The van der Waals surface area contributed by atoms with Crippen LogP contribution in [0.15, 0.2) is 34.9 Å². The molecule has 0 atom stereocenters. The highest BCUT2D eigenvalue weighted by atomic mass is 79.9. The number of pyridine rings is 1. The molecule has 1 aromatic heterocycles. The van der Waals surface area contributed by atoms with Crippen LogP contribution in [0.25, 0.3) is 0 Å². The molecule has 3 nitrogen and oxygen atoms in total. The van der Waals surface area contributed by atoms with Crippen molar-refractivity contribution in [3.63, 3.8) is 0 Å². The van der Waals surface area contributed by atoms with Gasteiger partial charge in [0.25, 0.3) is 5.91 Å². The van der Waals surface area contributed by atoms with Crippen molar-refractivity contribution in [3.05, 3.63) is 56.2 Å². The first-order valence-electron chi connectivity index (χ1n) is 5.36. The van der Waals surface area contributed by atoms with Crippen molar-refractivity contribution in [2.24, 2.45) is 0 Å². The van der Waals surface area contributed by atoms with Crippen molar-refractivity contribution in [2.75, 3.05) is 5.32 Å². The summed E-state index contributed by atoms with van der Waals surface area (Å²) in [7, 11) is 0. The standard InChI is InChI=1S/C13H9BrCl2N2O/c1-7-5-10(12(16)17-6-7)18-13(19)8-3-2-4-9(14)11(8)15/h2-6H,1H3,(H,18,19). The van der Waals surface area contributed by atoms with Crippen LogP contribution in [0.5, 0.6) is 0 Å². The highest BCUT2D eigenvalue weighted by Gasteiger charge is 2.14. The fraction of sp³-hybridized carbons (Fsp3) is 0.0769. The molecule has 0 spiro atoms. The van der Waals surface area contributed by atoms with Crippen LogP contribution >= 0.6 is 39.1 Å². The topological polar surface area (TPSA) is 42.0 Å². The maximum atomic E-state index is 12.1. The monoisotopic (exact) mass is 358 g/mol. The number of carbonyl (C=O) groups excluding carboxylic acids is 1. The molecular formula is C13H9BrCl2N2O. The molecule has 0 aliphatic carbocycles. The molecular weight excluding hydrogens is 351 g/mol. The van der Waals surface area contributed by atoms with Gasteiger partial charge < -0.3 is 5.32 Å². The zero-order valence-corrected chi connectivity index (χ0v) is 13.0. The molecule has 0 aliphatic heterocycles. The third kappa shape index (κ3) is 3.26. The van der Waals surface area contributed by atoms with Gasteiger partial charge in [0.15, 0.2) is 5.15 Å². The van der Waals surface area contributed by atoms with E-state index in [2.05, 4.69) is 26.2 Å². The van der Waals surface area contributed by atoms with Gasteiger partial charge in [-0.1, -0.05) is 29.3 Å². The fourth-order valence-corrected chi connectivity index (χ4v) is 2.24. The second kappa shape index (κ2) is 5.90. The Balaban J connectivity index is 2.31. The molecule has 2 aromatic rings. The number of nitrogens with zero attached hydrogens (tertiary/aromatic N) is 1. The highest BCUT2D eigenvalue weighted by molar-refractivity contribution is 9.10. The first kappa shape index (κ1) is 14.3. The van der Waals surface area contributed by atoms with E-state index in [4.69, 9.17) is 23.2 Å². The van der Waals surface area contributed by atoms with Gasteiger partial charge in [-0.15, -0.1) is 0 Å². The number of carbonyl (C=O) groups is 1. The van der Waals surface area contributed by atoms with E-state index in [9.17, 15) is 4.79 Å². The Labute approximate surface area is 129 Å². The minimum Gasteiger partial charge on any atom is -0.319 e. The van der Waals surface area contributed by atoms with Crippen LogP contribution in [0.1, 0.15) is 15.9 Å². The third-order valence-electron chi connectivity index (χ3n) is 2.42. The maximum Gasteiger partial charge on any atom is 0.257 e. The summed E-state index contributed by atoms with van der Waals surface area (Å²) >= 11 is 15.3. The molecule has 0 radical (unpaired) electrons. The summed E-state index contributed by atoms with van der Waals surface area (Å²) in [6.07, 6.45) is 1.63. The average molecular weight is 360 g/mol. The van der Waals surface area contributed by atoms with Gasteiger partial charge >= 0.3 is 0 Å². The predicted molar refractivity (Wildman–Crippen MR) is 81.1 cm³/mol. The summed E-state index contributed by atoms with van der Waals surface area (Å²) < 4.78 is 0.662. The Morgan fingerprint density at radius 1 is 1.37 bits per heavy atom. The Hall–Kier alpha value is -1.10. The lowest BCUT2D eigenvalue weighted by Crippen LogP contribution is -2.13. The number of aryl methyl sites for hydroxylation is 1. The lowest BCUT2D eigenvalue weighted by Gasteiger charge is -2.09. The number of aromatic nitrogens is 1. The molecule has 0 unspecified atom stereocenters. The van der Waals surface area contributed by atoms with Gasteiger partial charge in [0.1, 0.15) is 0 Å². The van der Waals surface area contributed by atoms with Gasteiger partial charge in [-0.2, -0.15) is 0 Å². The van der Waals surface area contributed by atoms with E-state index in [0.717, 1.165) is 5.56 Å². The average Bonchev–Trinajstić information content (AvgIpc) is 2.37. The smallest absolute Gasteiger partial charge is 0.257 e. The zero-order chi connectivity index (χ0) is 14.0. The second-order valence-corrected chi connectivity index (χ2v) is 5.50. The molecule has 0 saturated heterocycles. The Morgan fingerprint density at radius 3 is 2.84 bits per heavy atom. The molecule has 0 bridgehead atoms. The van der Waals surface area contributed by atoms with Crippen molar-refractivity contribution in [2.45, 2.75) is 6.92 Å². The third-order valence-corrected chi connectivity index (χ3v) is 4.02. The van der Waals surface area contributed by atoms with E-state index in [1.54, 1.807) is 30.5 Å². The van der Waals surface area contributed by atoms with E-state index in [0.29, 0.717) is 20.7 Å². The van der Waals surface area contributed by atoms with E-state index in [1.807, 2.05) is 6.92 Å². The van der Waals surface area contributed by atoms with Crippen molar-refractivity contribution in [1.29, 1.82) is 0 Å². The van der Waals surface area contributed by atoms with Crippen LogP contribution in [0, 0.1) is 6.92 Å². The van der Waals surface area contributed by atoms with Crippen molar-refractivity contribution in [1.82, 2.24) is 4.98 Å². The number of hydrogen-bond acceptors (Lipinski definition) is 2. The number of hydrogen-bond donors (Lipinski definition) is 1. The summed E-state index contributed by atoms with van der Waals surface area (Å²) in [5, 5.41) is 3.30. The van der Waals surface area contributed by atoms with Crippen LogP contribution in [0.2, 0.25) is 10.2 Å². The molecule has 0 fully saturated rings. The number of benzene rings is 1. The molecule has 6 heteroatoms. The Kier molecular flexibility index (Phi) is 4.45. The van der Waals surface area contributed by atoms with E-state index in [1.165, 1.54) is 0 Å². The maximum absolute atomic E-state index is 12.1. The van der Waals surface area contributed by atoms with Gasteiger partial charge in [0.05, 0.1) is 16.3 Å². The summed E-state index contributed by atoms with van der Waals surface area (Å²) in [5.41, 5.74) is 1.73. The number of rotatable bonds is 2. The van der Waals surface area contributed by atoms with Crippen LogP contribution in [-0.2, 0) is 0 Å². The van der Waals surface area contributed by atoms with E-state index < -0.39 is 0 Å². The van der Waals surface area contributed by atoms with Crippen molar-refractivity contribution in [3.8, 4) is 0 Å². The van der Waals surface area contributed by atoms with E-state index >= 15 is 0 Å². The number of amides is 1. The van der Waals surface area contributed by atoms with Crippen molar-refractivity contribution < 1.29 is 4.79 Å². The van der Waals surface area contributed by atoms with Crippen molar-refractivity contribution >= 4 is 50.7 Å². The van der Waals surface area contributed by atoms with Gasteiger partial charge in [-0.05, 0) is 46.6 Å². The fourth-order valence-electron chi connectivity index (χ4n) is 1.51. The summed E-state index contributed by atoms with van der Waals surface area (Å²) in [5.74, 6) is -0.333. The first-order chi connectivity index (χ1) is 8.99. The highest BCUT2D eigenvalue weighted by Crippen LogP contribution is 2.27. The Morgan fingerprint density at radius 2 is 2.11 bits per heavy atom. The summed E-state index contributed by atoms with van der Waals surface area (Å²) in [6, 6.07) is 6.89. The predicted octanol–water partition coefficient (Wildman–Crippen LogP) is 4.71. The number of halogens is 3.